The van der Waals surface area contributed by atoms with Crippen molar-refractivity contribution in [2.75, 3.05) is 25.9 Å². The van der Waals surface area contributed by atoms with E-state index in [9.17, 15) is 19.5 Å². The summed E-state index contributed by atoms with van der Waals surface area (Å²) in [6, 6.07) is 0.850. The quantitative estimate of drug-likeness (QED) is 0.151. The monoisotopic (exact) mass is 422 g/mol. The fourth-order valence-corrected chi connectivity index (χ4v) is 2.74. The minimum absolute atomic E-state index is 0.0500. The van der Waals surface area contributed by atoms with Gasteiger partial charge in [0.2, 0.25) is 5.91 Å². The molecule has 0 saturated carbocycles. The third-order valence-corrected chi connectivity index (χ3v) is 4.59. The maximum Gasteiger partial charge on any atom is 0.351 e. The van der Waals surface area contributed by atoms with Gasteiger partial charge in [-0.2, -0.15) is 4.98 Å². The maximum absolute atomic E-state index is 12.3. The summed E-state index contributed by atoms with van der Waals surface area (Å²) in [5.74, 6) is -1.97. The molecule has 13 heteroatoms. The third kappa shape index (κ3) is 5.55. The van der Waals surface area contributed by atoms with Crippen LogP contribution in [-0.4, -0.2) is 69.2 Å². The lowest BCUT2D eigenvalue weighted by molar-refractivity contribution is -0.150. The summed E-state index contributed by atoms with van der Waals surface area (Å²) in [5, 5.41) is 19.4. The number of amides is 1. The number of carboxylic acid groups (broad SMARTS) is 1. The van der Waals surface area contributed by atoms with Crippen molar-refractivity contribution < 1.29 is 19.4 Å². The van der Waals surface area contributed by atoms with E-state index in [1.165, 1.54) is 29.3 Å². The van der Waals surface area contributed by atoms with E-state index in [2.05, 4.69) is 10.3 Å². The Morgan fingerprint density at radius 1 is 1.57 bits per heavy atom. The predicted molar refractivity (Wildman–Crippen MR) is 107 cm³/mol. The highest BCUT2D eigenvalue weighted by Crippen LogP contribution is 2.22. The van der Waals surface area contributed by atoms with E-state index in [1.54, 1.807) is 7.05 Å². The number of aliphatic carboxylic acids is 1. The molecule has 0 aromatic carbocycles. The van der Waals surface area contributed by atoms with E-state index in [0.717, 1.165) is 4.57 Å². The summed E-state index contributed by atoms with van der Waals surface area (Å²) >= 11 is 0. The molecule has 1 aromatic heterocycles. The minimum atomic E-state index is -1.80. The molecule has 13 nitrogen and oxygen atoms in total. The lowest BCUT2D eigenvalue weighted by Crippen LogP contribution is -2.58. The van der Waals surface area contributed by atoms with Crippen molar-refractivity contribution in [2.45, 2.75) is 30.7 Å². The van der Waals surface area contributed by atoms with Gasteiger partial charge >= 0.3 is 11.7 Å². The predicted octanol–water partition coefficient (Wildman–Crippen LogP) is -2.22. The van der Waals surface area contributed by atoms with E-state index < -0.39 is 42.0 Å². The Labute approximate surface area is 172 Å². The number of carboxylic acids is 1. The molecule has 0 fully saturated rings. The first-order valence-corrected chi connectivity index (χ1v) is 9.05. The van der Waals surface area contributed by atoms with Crippen molar-refractivity contribution in [1.82, 2.24) is 19.8 Å². The van der Waals surface area contributed by atoms with Crippen molar-refractivity contribution in [1.29, 1.82) is 5.41 Å². The fourth-order valence-electron chi connectivity index (χ4n) is 2.74. The van der Waals surface area contributed by atoms with Crippen LogP contribution >= 0.6 is 0 Å². The largest absolute Gasteiger partial charge is 0.479 e. The van der Waals surface area contributed by atoms with E-state index in [0.29, 0.717) is 13.0 Å². The minimum Gasteiger partial charge on any atom is -0.479 e. The van der Waals surface area contributed by atoms with Crippen LogP contribution in [0.5, 0.6) is 0 Å². The van der Waals surface area contributed by atoms with Gasteiger partial charge in [-0.1, -0.05) is 0 Å². The zero-order valence-electron chi connectivity index (χ0n) is 16.4. The summed E-state index contributed by atoms with van der Waals surface area (Å²) in [7, 11) is 1.62. The lowest BCUT2D eigenvalue weighted by atomic mass is 9.97. The lowest BCUT2D eigenvalue weighted by Gasteiger charge is -2.33. The second kappa shape index (κ2) is 9.37. The number of carbonyl (C=O) groups is 2. The zero-order valence-corrected chi connectivity index (χ0v) is 16.4. The molecule has 0 bridgehead atoms. The molecular formula is C17H26N8O5. The molecule has 2 rings (SSSR count). The standard InChI is InChI=1S/C17H26N8O5/c1-24(15(20)21)6-3-10(18)8-12(26)23-17(14(27)28)5-2-13(30-9-17)25-7-4-11(19)22-16(25)29/h2,4-5,7,10,13H,3,6,8-9,18H2,1H3,(H3,20,21)(H,23,26)(H,27,28)(H2,19,22,29). The normalized spacial score (nSPS) is 21.6. The van der Waals surface area contributed by atoms with Gasteiger partial charge in [0.05, 0.1) is 6.61 Å². The highest BCUT2D eigenvalue weighted by molar-refractivity contribution is 5.89. The molecule has 0 spiro atoms. The van der Waals surface area contributed by atoms with Crippen LogP contribution < -0.4 is 28.2 Å². The Morgan fingerprint density at radius 3 is 2.80 bits per heavy atom. The van der Waals surface area contributed by atoms with Crippen molar-refractivity contribution in [3.63, 3.8) is 0 Å². The van der Waals surface area contributed by atoms with Crippen LogP contribution in [-0.2, 0) is 14.3 Å². The van der Waals surface area contributed by atoms with Gasteiger partial charge in [-0.3, -0.25) is 14.8 Å². The number of hydrogen-bond donors (Lipinski definition) is 6. The molecule has 30 heavy (non-hydrogen) atoms. The van der Waals surface area contributed by atoms with Crippen molar-refractivity contribution in [3.8, 4) is 0 Å². The molecular weight excluding hydrogens is 396 g/mol. The van der Waals surface area contributed by atoms with Crippen molar-refractivity contribution in [3.05, 3.63) is 34.9 Å². The van der Waals surface area contributed by atoms with Gasteiger partial charge in [-0.05, 0) is 24.6 Å². The van der Waals surface area contributed by atoms with Crippen LogP contribution in [0.25, 0.3) is 0 Å². The van der Waals surface area contributed by atoms with Gasteiger partial charge in [-0.15, -0.1) is 0 Å². The van der Waals surface area contributed by atoms with E-state index >= 15 is 0 Å². The molecule has 1 aliphatic rings. The Hall–Kier alpha value is -3.45. The topological polar surface area (TPSA) is 216 Å². The van der Waals surface area contributed by atoms with Crippen LogP contribution in [0.15, 0.2) is 29.2 Å². The summed E-state index contributed by atoms with van der Waals surface area (Å²) in [5.41, 5.74) is 14.3. The molecule has 1 aromatic rings. The molecule has 0 radical (unpaired) electrons. The Balaban J connectivity index is 2.03. The van der Waals surface area contributed by atoms with E-state index in [-0.39, 0.29) is 18.2 Å². The number of aromatic nitrogens is 2. The van der Waals surface area contributed by atoms with Crippen molar-refractivity contribution in [2.24, 2.45) is 11.5 Å². The number of nitrogens with one attached hydrogen (secondary N) is 2. The van der Waals surface area contributed by atoms with E-state index in [1.807, 2.05) is 0 Å². The number of nitrogens with zero attached hydrogens (tertiary/aromatic N) is 3. The number of rotatable bonds is 8. The highest BCUT2D eigenvalue weighted by Gasteiger charge is 2.41. The molecule has 164 valence electrons. The van der Waals surface area contributed by atoms with Crippen molar-refractivity contribution >= 4 is 23.7 Å². The summed E-state index contributed by atoms with van der Waals surface area (Å²) in [6.45, 7) is -0.0305. The zero-order chi connectivity index (χ0) is 22.5. The van der Waals surface area contributed by atoms with Crippen LogP contribution in [0.4, 0.5) is 5.82 Å². The number of carbonyl (C=O) groups excluding carboxylic acids is 1. The average molecular weight is 422 g/mol. The van der Waals surface area contributed by atoms with E-state index in [4.69, 9.17) is 27.3 Å². The number of guanidine groups is 1. The summed E-state index contributed by atoms with van der Waals surface area (Å²) in [6.07, 6.45) is 3.35. The molecule has 3 atom stereocenters. The van der Waals surface area contributed by atoms with Gasteiger partial charge in [0.15, 0.2) is 17.7 Å². The van der Waals surface area contributed by atoms with Gasteiger partial charge in [0.1, 0.15) is 5.82 Å². The average Bonchev–Trinajstić information content (AvgIpc) is 2.66. The Morgan fingerprint density at radius 2 is 2.27 bits per heavy atom. The molecule has 0 aliphatic carbocycles. The second-order valence-electron chi connectivity index (χ2n) is 6.99. The summed E-state index contributed by atoms with van der Waals surface area (Å²) < 4.78 is 6.64. The second-order valence-corrected chi connectivity index (χ2v) is 6.99. The molecule has 3 unspecified atom stereocenters. The smallest absolute Gasteiger partial charge is 0.351 e. The molecule has 2 heterocycles. The Kier molecular flexibility index (Phi) is 7.13. The Bertz CT molecular complexity index is 900. The summed E-state index contributed by atoms with van der Waals surface area (Å²) in [4.78, 5) is 41.2. The fraction of sp³-hybridized carbons (Fsp3) is 0.471. The van der Waals surface area contributed by atoms with Crippen LogP contribution in [0.2, 0.25) is 0 Å². The molecule has 9 N–H and O–H groups in total. The molecule has 0 saturated heterocycles. The molecule has 1 aliphatic heterocycles. The first-order valence-electron chi connectivity index (χ1n) is 9.05. The first kappa shape index (κ1) is 22.8. The van der Waals surface area contributed by atoms with Crippen LogP contribution in [0.1, 0.15) is 19.1 Å². The SMILES string of the molecule is CN(CCC(N)CC(=O)NC1(C(=O)O)C=CC(n2ccc(N)nc2=O)OC1)C(=N)N. The maximum atomic E-state index is 12.3. The number of anilines is 1. The van der Waals surface area contributed by atoms with Gasteiger partial charge in [0.25, 0.3) is 0 Å². The number of hydrogen-bond acceptors (Lipinski definition) is 8. The number of ether oxygens (including phenoxy) is 1. The van der Waals surface area contributed by atoms with Gasteiger partial charge in [-0.25, -0.2) is 9.59 Å². The highest BCUT2D eigenvalue weighted by atomic mass is 16.5. The molecule has 1 amide bonds. The first-order chi connectivity index (χ1) is 14.0. The van der Waals surface area contributed by atoms with Crippen LogP contribution in [0, 0.1) is 5.41 Å². The van der Waals surface area contributed by atoms with Gasteiger partial charge in [0, 0.05) is 32.3 Å². The number of nitrogen functional groups attached to an aromatic ring is 1. The van der Waals surface area contributed by atoms with Gasteiger partial charge < -0.3 is 37.3 Å². The van der Waals surface area contributed by atoms with Crippen LogP contribution in [0.3, 0.4) is 0 Å². The third-order valence-electron chi connectivity index (χ3n) is 4.59. The number of nitrogens with two attached hydrogens (primary N) is 3.